The fourth-order valence-electron chi connectivity index (χ4n) is 3.85. The third-order valence-electron chi connectivity index (χ3n) is 5.26. The van der Waals surface area contributed by atoms with E-state index >= 15 is 0 Å². The number of nitrogens with zero attached hydrogens (tertiary/aromatic N) is 1. The molecule has 0 saturated carbocycles. The van der Waals surface area contributed by atoms with Crippen LogP contribution in [-0.2, 0) is 24.2 Å². The number of carbonyl (C=O) groups is 1. The molecule has 1 aliphatic heterocycles. The van der Waals surface area contributed by atoms with Gasteiger partial charge in [0.15, 0.2) is 0 Å². The van der Waals surface area contributed by atoms with Crippen LogP contribution in [0.5, 0.6) is 5.75 Å². The minimum atomic E-state index is -4.69. The number of rotatable bonds is 7. The highest BCUT2D eigenvalue weighted by Gasteiger charge is 2.32. The van der Waals surface area contributed by atoms with Crippen molar-refractivity contribution >= 4 is 5.97 Å². The molecule has 1 fully saturated rings. The standard InChI is InChI=1S/C22H24F3NO3/c1-14-8-17(11-26-12-18(13-26)21(27)28)9-15(2)20(14)7-6-16-4-3-5-19(10-16)29-22(23,24)25/h3-5,8-10,18H,6-7,11-13H2,1-2H3,(H,27,28). The number of carboxylic acid groups (broad SMARTS) is 1. The number of likely N-dealkylation sites (tertiary alicyclic amines) is 1. The summed E-state index contributed by atoms with van der Waals surface area (Å²) >= 11 is 0. The molecule has 0 unspecified atom stereocenters. The van der Waals surface area contributed by atoms with Gasteiger partial charge in [-0.3, -0.25) is 9.69 Å². The van der Waals surface area contributed by atoms with Crippen LogP contribution < -0.4 is 4.74 Å². The summed E-state index contributed by atoms with van der Waals surface area (Å²) in [5.41, 5.74) is 5.39. The van der Waals surface area contributed by atoms with Gasteiger partial charge in [0.05, 0.1) is 5.92 Å². The van der Waals surface area contributed by atoms with Crippen molar-refractivity contribution in [2.45, 2.75) is 39.6 Å². The Balaban J connectivity index is 1.62. The molecule has 0 aliphatic carbocycles. The Bertz CT molecular complexity index is 866. The first-order chi connectivity index (χ1) is 13.6. The van der Waals surface area contributed by atoms with E-state index in [9.17, 15) is 18.0 Å². The van der Waals surface area contributed by atoms with Gasteiger partial charge in [-0.2, -0.15) is 0 Å². The summed E-state index contributed by atoms with van der Waals surface area (Å²) in [6.07, 6.45) is -3.36. The van der Waals surface area contributed by atoms with Gasteiger partial charge < -0.3 is 9.84 Å². The van der Waals surface area contributed by atoms with E-state index < -0.39 is 12.3 Å². The number of halogens is 3. The molecule has 7 heteroatoms. The molecule has 2 aromatic carbocycles. The van der Waals surface area contributed by atoms with Crippen LogP contribution in [0.25, 0.3) is 0 Å². The topological polar surface area (TPSA) is 49.8 Å². The zero-order valence-corrected chi connectivity index (χ0v) is 16.4. The largest absolute Gasteiger partial charge is 0.573 e. The van der Waals surface area contributed by atoms with Crippen molar-refractivity contribution in [2.75, 3.05) is 13.1 Å². The minimum absolute atomic E-state index is 0.201. The number of benzene rings is 2. The zero-order valence-electron chi connectivity index (χ0n) is 16.4. The Morgan fingerprint density at radius 2 is 1.76 bits per heavy atom. The van der Waals surface area contributed by atoms with E-state index in [1.54, 1.807) is 12.1 Å². The summed E-state index contributed by atoms with van der Waals surface area (Å²) in [6, 6.07) is 10.3. The van der Waals surface area contributed by atoms with E-state index in [0.29, 0.717) is 19.5 Å². The van der Waals surface area contributed by atoms with Gasteiger partial charge in [-0.1, -0.05) is 24.3 Å². The monoisotopic (exact) mass is 407 g/mol. The van der Waals surface area contributed by atoms with E-state index in [1.165, 1.54) is 17.7 Å². The molecule has 1 N–H and O–H groups in total. The highest BCUT2D eigenvalue weighted by atomic mass is 19.4. The molecule has 0 amide bonds. The van der Waals surface area contributed by atoms with Crippen molar-refractivity contribution in [1.82, 2.24) is 4.90 Å². The first-order valence-electron chi connectivity index (χ1n) is 9.49. The van der Waals surface area contributed by atoms with E-state index in [4.69, 9.17) is 5.11 Å². The van der Waals surface area contributed by atoms with Crippen molar-refractivity contribution in [1.29, 1.82) is 0 Å². The fraction of sp³-hybridized carbons (Fsp3) is 0.409. The quantitative estimate of drug-likeness (QED) is 0.734. The first-order valence-corrected chi connectivity index (χ1v) is 9.49. The second kappa shape index (κ2) is 8.45. The molecule has 0 spiro atoms. The first kappa shape index (κ1) is 21.2. The highest BCUT2D eigenvalue weighted by Crippen LogP contribution is 2.26. The highest BCUT2D eigenvalue weighted by molar-refractivity contribution is 5.71. The second-order valence-corrected chi connectivity index (χ2v) is 7.63. The number of aryl methyl sites for hydroxylation is 3. The average molecular weight is 407 g/mol. The van der Waals surface area contributed by atoms with Crippen molar-refractivity contribution in [3.8, 4) is 5.75 Å². The molecule has 0 radical (unpaired) electrons. The van der Waals surface area contributed by atoms with E-state index in [-0.39, 0.29) is 11.7 Å². The lowest BCUT2D eigenvalue weighted by Crippen LogP contribution is -2.49. The lowest BCUT2D eigenvalue weighted by Gasteiger charge is -2.36. The maximum Gasteiger partial charge on any atom is 0.573 e. The van der Waals surface area contributed by atoms with Crippen LogP contribution in [0, 0.1) is 19.8 Å². The fourth-order valence-corrected chi connectivity index (χ4v) is 3.85. The Hall–Kier alpha value is -2.54. The number of aliphatic carboxylic acids is 1. The molecular weight excluding hydrogens is 383 g/mol. The molecule has 1 aliphatic rings. The molecule has 3 rings (SSSR count). The Labute approximate surface area is 167 Å². The molecule has 0 aromatic heterocycles. The Morgan fingerprint density at radius 1 is 1.10 bits per heavy atom. The number of alkyl halides is 3. The summed E-state index contributed by atoms with van der Waals surface area (Å²) in [5, 5.41) is 8.98. The molecule has 4 nitrogen and oxygen atoms in total. The van der Waals surface area contributed by atoms with Crippen LogP contribution >= 0.6 is 0 Å². The number of carboxylic acids is 1. The SMILES string of the molecule is Cc1cc(CN2CC(C(=O)O)C2)cc(C)c1CCc1cccc(OC(F)(F)F)c1. The van der Waals surface area contributed by atoms with Crippen LogP contribution in [-0.4, -0.2) is 35.4 Å². The summed E-state index contributed by atoms with van der Waals surface area (Å²) in [7, 11) is 0. The third kappa shape index (κ3) is 5.73. The average Bonchev–Trinajstić information content (AvgIpc) is 2.55. The molecular formula is C22H24F3NO3. The van der Waals surface area contributed by atoms with Crippen LogP contribution in [0.15, 0.2) is 36.4 Å². The summed E-state index contributed by atoms with van der Waals surface area (Å²) in [4.78, 5) is 13.0. The van der Waals surface area contributed by atoms with Crippen molar-refractivity contribution in [2.24, 2.45) is 5.92 Å². The van der Waals surface area contributed by atoms with Crippen molar-refractivity contribution in [3.63, 3.8) is 0 Å². The Morgan fingerprint density at radius 3 is 2.34 bits per heavy atom. The maximum atomic E-state index is 12.4. The van der Waals surface area contributed by atoms with Crippen LogP contribution in [0.4, 0.5) is 13.2 Å². The van der Waals surface area contributed by atoms with Gasteiger partial charge in [-0.25, -0.2) is 0 Å². The predicted octanol–water partition coefficient (Wildman–Crippen LogP) is 4.50. The normalized spacial score (nSPS) is 15.2. The van der Waals surface area contributed by atoms with Gasteiger partial charge in [0.1, 0.15) is 5.75 Å². The van der Waals surface area contributed by atoms with E-state index in [1.807, 2.05) is 13.8 Å². The molecule has 1 saturated heterocycles. The van der Waals surface area contributed by atoms with Gasteiger partial charge in [0.2, 0.25) is 0 Å². The molecule has 0 atom stereocenters. The van der Waals surface area contributed by atoms with Crippen LogP contribution in [0.1, 0.15) is 27.8 Å². The summed E-state index contributed by atoms with van der Waals surface area (Å²) in [6.45, 7) is 5.94. The van der Waals surface area contributed by atoms with Gasteiger partial charge in [0, 0.05) is 19.6 Å². The minimum Gasteiger partial charge on any atom is -0.481 e. The van der Waals surface area contributed by atoms with E-state index in [2.05, 4.69) is 21.8 Å². The van der Waals surface area contributed by atoms with Gasteiger partial charge in [-0.15, -0.1) is 13.2 Å². The predicted molar refractivity (Wildman–Crippen MR) is 103 cm³/mol. The number of hydrogen-bond acceptors (Lipinski definition) is 3. The van der Waals surface area contributed by atoms with Crippen LogP contribution in [0.3, 0.4) is 0 Å². The molecule has 2 aromatic rings. The Kier molecular flexibility index (Phi) is 6.17. The third-order valence-corrected chi connectivity index (χ3v) is 5.26. The number of ether oxygens (including phenoxy) is 1. The molecule has 29 heavy (non-hydrogen) atoms. The van der Waals surface area contributed by atoms with Gasteiger partial charge in [-0.05, 0) is 66.6 Å². The summed E-state index contributed by atoms with van der Waals surface area (Å²) < 4.78 is 41.2. The van der Waals surface area contributed by atoms with Gasteiger partial charge in [0.25, 0.3) is 0 Å². The lowest BCUT2D eigenvalue weighted by atomic mass is 9.93. The van der Waals surface area contributed by atoms with E-state index in [0.717, 1.165) is 35.2 Å². The molecule has 0 bridgehead atoms. The van der Waals surface area contributed by atoms with Crippen LogP contribution in [0.2, 0.25) is 0 Å². The van der Waals surface area contributed by atoms with Crippen molar-refractivity contribution < 1.29 is 27.8 Å². The molecule has 156 valence electrons. The second-order valence-electron chi connectivity index (χ2n) is 7.63. The summed E-state index contributed by atoms with van der Waals surface area (Å²) in [5.74, 6) is -1.21. The van der Waals surface area contributed by atoms with Crippen molar-refractivity contribution in [3.05, 3.63) is 64.2 Å². The lowest BCUT2D eigenvalue weighted by molar-refractivity contribution is -0.274. The maximum absolute atomic E-state index is 12.4. The smallest absolute Gasteiger partial charge is 0.481 e. The zero-order chi connectivity index (χ0) is 21.2. The molecule has 1 heterocycles. The van der Waals surface area contributed by atoms with Gasteiger partial charge >= 0.3 is 12.3 Å². The number of hydrogen-bond donors (Lipinski definition) is 1.